The van der Waals surface area contributed by atoms with E-state index in [1.54, 1.807) is 6.07 Å². The molecule has 0 aliphatic heterocycles. The van der Waals surface area contributed by atoms with Crippen LogP contribution in [0.15, 0.2) is 36.4 Å². The standard InChI is InChI=1S/C14H9NO3/c16-7-10-12-9-4-2-1-3-8(9)5-6-11(12)15-13(10)14(17)18/h1-7,15H,(H,17,18). The van der Waals surface area contributed by atoms with E-state index in [2.05, 4.69) is 4.98 Å². The number of fused-ring (bicyclic) bond motifs is 3. The molecular formula is C14H9NO3. The summed E-state index contributed by atoms with van der Waals surface area (Å²) in [6.07, 6.45) is 0.592. The van der Waals surface area contributed by atoms with Crippen molar-refractivity contribution < 1.29 is 14.7 Å². The number of carboxylic acids is 1. The molecule has 2 aromatic carbocycles. The zero-order valence-corrected chi connectivity index (χ0v) is 9.31. The Bertz CT molecular complexity index is 786. The van der Waals surface area contributed by atoms with Gasteiger partial charge >= 0.3 is 5.97 Å². The third-order valence-corrected chi connectivity index (χ3v) is 3.06. The molecule has 18 heavy (non-hydrogen) atoms. The van der Waals surface area contributed by atoms with Gasteiger partial charge in [0.25, 0.3) is 0 Å². The Kier molecular flexibility index (Phi) is 2.16. The van der Waals surface area contributed by atoms with Crippen LogP contribution in [0.5, 0.6) is 0 Å². The molecule has 0 saturated heterocycles. The molecule has 0 amide bonds. The summed E-state index contributed by atoms with van der Waals surface area (Å²) in [6, 6.07) is 11.3. The molecule has 0 atom stereocenters. The van der Waals surface area contributed by atoms with Crippen LogP contribution in [0, 0.1) is 0 Å². The Hall–Kier alpha value is -2.62. The second-order valence-electron chi connectivity index (χ2n) is 4.05. The summed E-state index contributed by atoms with van der Waals surface area (Å²) in [5.41, 5.74) is 0.804. The minimum atomic E-state index is -1.13. The molecule has 1 aromatic heterocycles. The molecule has 0 fully saturated rings. The van der Waals surface area contributed by atoms with E-state index >= 15 is 0 Å². The van der Waals surface area contributed by atoms with E-state index in [9.17, 15) is 9.59 Å². The maximum Gasteiger partial charge on any atom is 0.353 e. The zero-order valence-electron chi connectivity index (χ0n) is 9.31. The van der Waals surface area contributed by atoms with Gasteiger partial charge in [-0.05, 0) is 16.8 Å². The van der Waals surface area contributed by atoms with E-state index in [1.165, 1.54) is 0 Å². The third-order valence-electron chi connectivity index (χ3n) is 3.06. The predicted octanol–water partition coefficient (Wildman–Crippen LogP) is 2.83. The highest BCUT2D eigenvalue weighted by Crippen LogP contribution is 2.29. The van der Waals surface area contributed by atoms with Crippen LogP contribution in [0.1, 0.15) is 20.8 Å². The number of aromatic carboxylic acids is 1. The number of aromatic nitrogens is 1. The molecule has 0 radical (unpaired) electrons. The monoisotopic (exact) mass is 239 g/mol. The molecule has 3 rings (SSSR count). The van der Waals surface area contributed by atoms with Crippen molar-refractivity contribution >= 4 is 33.9 Å². The topological polar surface area (TPSA) is 70.2 Å². The maximum atomic E-state index is 11.2. The molecule has 4 nitrogen and oxygen atoms in total. The first-order valence-corrected chi connectivity index (χ1v) is 5.44. The number of carbonyl (C=O) groups excluding carboxylic acids is 1. The Morgan fingerprint density at radius 3 is 2.67 bits per heavy atom. The first-order chi connectivity index (χ1) is 8.72. The normalized spacial score (nSPS) is 10.9. The van der Waals surface area contributed by atoms with Crippen LogP contribution in [0.25, 0.3) is 21.7 Å². The third kappa shape index (κ3) is 1.32. The quantitative estimate of drug-likeness (QED) is 0.675. The molecule has 1 heterocycles. The maximum absolute atomic E-state index is 11.2. The number of aldehydes is 1. The van der Waals surface area contributed by atoms with Crippen molar-refractivity contribution in [2.24, 2.45) is 0 Å². The lowest BCUT2D eigenvalue weighted by molar-refractivity contribution is 0.0688. The molecule has 3 aromatic rings. The molecular weight excluding hydrogens is 230 g/mol. The average molecular weight is 239 g/mol. The highest BCUT2D eigenvalue weighted by atomic mass is 16.4. The van der Waals surface area contributed by atoms with Gasteiger partial charge in [0.2, 0.25) is 0 Å². The second kappa shape index (κ2) is 3.70. The lowest BCUT2D eigenvalue weighted by Crippen LogP contribution is -2.00. The number of hydrogen-bond donors (Lipinski definition) is 2. The van der Waals surface area contributed by atoms with Gasteiger partial charge in [-0.2, -0.15) is 0 Å². The smallest absolute Gasteiger partial charge is 0.353 e. The SMILES string of the molecule is O=Cc1c(C(=O)O)[nH]c2ccc3ccccc3c12. The number of carbonyl (C=O) groups is 2. The lowest BCUT2D eigenvalue weighted by Gasteiger charge is -1.99. The first kappa shape index (κ1) is 10.5. The fraction of sp³-hybridized carbons (Fsp3) is 0. The summed E-state index contributed by atoms with van der Waals surface area (Å²) >= 11 is 0. The molecule has 4 heteroatoms. The number of aromatic amines is 1. The fourth-order valence-electron chi connectivity index (χ4n) is 2.28. The average Bonchev–Trinajstić information content (AvgIpc) is 2.77. The lowest BCUT2D eigenvalue weighted by atomic mass is 10.0. The minimum Gasteiger partial charge on any atom is -0.477 e. The van der Waals surface area contributed by atoms with Gasteiger partial charge in [-0.15, -0.1) is 0 Å². The molecule has 0 bridgehead atoms. The minimum absolute atomic E-state index is 0.0589. The summed E-state index contributed by atoms with van der Waals surface area (Å²) in [4.78, 5) is 25.0. The summed E-state index contributed by atoms with van der Waals surface area (Å²) in [7, 11) is 0. The number of hydrogen-bond acceptors (Lipinski definition) is 2. The van der Waals surface area contributed by atoms with E-state index in [0.717, 1.165) is 10.8 Å². The Balaban J connectivity index is 2.56. The van der Waals surface area contributed by atoms with Crippen LogP contribution >= 0.6 is 0 Å². The Labute approximate surface area is 102 Å². The molecule has 0 unspecified atom stereocenters. The van der Waals surface area contributed by atoms with Crippen molar-refractivity contribution in [1.82, 2.24) is 4.98 Å². The van der Waals surface area contributed by atoms with Crippen LogP contribution in [0.4, 0.5) is 0 Å². The van der Waals surface area contributed by atoms with E-state index in [1.807, 2.05) is 30.3 Å². The van der Waals surface area contributed by atoms with Crippen LogP contribution < -0.4 is 0 Å². The summed E-state index contributed by atoms with van der Waals surface area (Å²) in [5, 5.41) is 11.6. The number of H-pyrrole nitrogens is 1. The van der Waals surface area contributed by atoms with E-state index in [0.29, 0.717) is 17.2 Å². The van der Waals surface area contributed by atoms with E-state index in [-0.39, 0.29) is 11.3 Å². The van der Waals surface area contributed by atoms with Crippen molar-refractivity contribution in [3.8, 4) is 0 Å². The van der Waals surface area contributed by atoms with Gasteiger partial charge in [-0.1, -0.05) is 30.3 Å². The van der Waals surface area contributed by atoms with Crippen molar-refractivity contribution in [2.75, 3.05) is 0 Å². The largest absolute Gasteiger partial charge is 0.477 e. The molecule has 0 spiro atoms. The van der Waals surface area contributed by atoms with E-state index < -0.39 is 5.97 Å². The van der Waals surface area contributed by atoms with Crippen molar-refractivity contribution in [3.05, 3.63) is 47.7 Å². The number of carboxylic acid groups (broad SMARTS) is 1. The Morgan fingerprint density at radius 2 is 1.94 bits per heavy atom. The Morgan fingerprint density at radius 1 is 1.17 bits per heavy atom. The van der Waals surface area contributed by atoms with Gasteiger partial charge in [0.15, 0.2) is 6.29 Å². The van der Waals surface area contributed by atoms with Gasteiger partial charge < -0.3 is 10.1 Å². The summed E-state index contributed by atoms with van der Waals surface area (Å²) in [6.45, 7) is 0. The summed E-state index contributed by atoms with van der Waals surface area (Å²) in [5.74, 6) is -1.13. The van der Waals surface area contributed by atoms with Crippen molar-refractivity contribution in [2.45, 2.75) is 0 Å². The molecule has 88 valence electrons. The van der Waals surface area contributed by atoms with Crippen LogP contribution in [0.2, 0.25) is 0 Å². The highest BCUT2D eigenvalue weighted by Gasteiger charge is 2.17. The number of nitrogens with one attached hydrogen (secondary N) is 1. The van der Waals surface area contributed by atoms with E-state index in [4.69, 9.17) is 5.11 Å². The number of rotatable bonds is 2. The van der Waals surface area contributed by atoms with Gasteiger partial charge in [0.05, 0.1) is 5.56 Å². The van der Waals surface area contributed by atoms with Crippen LogP contribution in [-0.2, 0) is 0 Å². The first-order valence-electron chi connectivity index (χ1n) is 5.44. The second-order valence-corrected chi connectivity index (χ2v) is 4.05. The molecule has 0 aliphatic rings. The van der Waals surface area contributed by atoms with Gasteiger partial charge in [0, 0.05) is 10.9 Å². The van der Waals surface area contributed by atoms with Gasteiger partial charge in [-0.3, -0.25) is 4.79 Å². The van der Waals surface area contributed by atoms with Crippen molar-refractivity contribution in [1.29, 1.82) is 0 Å². The summed E-state index contributed by atoms with van der Waals surface area (Å²) < 4.78 is 0. The van der Waals surface area contributed by atoms with Crippen molar-refractivity contribution in [3.63, 3.8) is 0 Å². The van der Waals surface area contributed by atoms with Crippen LogP contribution in [0.3, 0.4) is 0 Å². The zero-order chi connectivity index (χ0) is 12.7. The predicted molar refractivity (Wildman–Crippen MR) is 68.2 cm³/mol. The number of benzene rings is 2. The van der Waals surface area contributed by atoms with Crippen LogP contribution in [-0.4, -0.2) is 22.3 Å². The molecule has 0 aliphatic carbocycles. The fourth-order valence-corrected chi connectivity index (χ4v) is 2.28. The van der Waals surface area contributed by atoms with Gasteiger partial charge in [0.1, 0.15) is 5.69 Å². The molecule has 2 N–H and O–H groups in total. The highest BCUT2D eigenvalue weighted by molar-refractivity contribution is 6.17. The van der Waals surface area contributed by atoms with Gasteiger partial charge in [-0.25, -0.2) is 4.79 Å². The molecule has 0 saturated carbocycles.